The Balaban J connectivity index is 1.25. The highest BCUT2D eigenvalue weighted by Gasteiger charge is 2.45. The quantitative estimate of drug-likeness (QED) is 0.910. The van der Waals surface area contributed by atoms with Crippen molar-refractivity contribution in [2.45, 2.75) is 69.2 Å². The van der Waals surface area contributed by atoms with Gasteiger partial charge in [-0.05, 0) is 51.2 Å². The molecule has 0 aromatic carbocycles. The van der Waals surface area contributed by atoms with E-state index in [9.17, 15) is 5.11 Å². The second-order valence-corrected chi connectivity index (χ2v) is 8.58. The highest BCUT2D eigenvalue weighted by molar-refractivity contribution is 5.00. The van der Waals surface area contributed by atoms with Crippen LogP contribution in [0.3, 0.4) is 0 Å². The molecule has 1 aromatic heterocycles. The Morgan fingerprint density at radius 2 is 1.92 bits per heavy atom. The summed E-state index contributed by atoms with van der Waals surface area (Å²) >= 11 is 0. The number of aliphatic hydroxyl groups is 1. The molecule has 3 fully saturated rings. The van der Waals surface area contributed by atoms with Crippen LogP contribution >= 0.6 is 0 Å². The first kappa shape index (κ1) is 17.5. The first-order valence-corrected chi connectivity index (χ1v) is 9.89. The molecule has 0 radical (unpaired) electrons. The van der Waals surface area contributed by atoms with Crippen LogP contribution in [-0.2, 0) is 11.3 Å². The Morgan fingerprint density at radius 3 is 2.56 bits per heavy atom. The van der Waals surface area contributed by atoms with Crippen molar-refractivity contribution in [2.24, 2.45) is 0 Å². The third-order valence-corrected chi connectivity index (χ3v) is 6.49. The Hall–Kier alpha value is -0.880. The van der Waals surface area contributed by atoms with Crippen LogP contribution in [0.5, 0.6) is 0 Å². The largest absolute Gasteiger partial charge is 0.468 e. The van der Waals surface area contributed by atoms with Crippen LogP contribution in [0.1, 0.15) is 51.2 Å². The number of nitrogens with zero attached hydrogens (tertiary/aromatic N) is 2. The van der Waals surface area contributed by atoms with Crippen LogP contribution in [0, 0.1) is 0 Å². The van der Waals surface area contributed by atoms with E-state index in [1.165, 1.54) is 12.8 Å². The minimum absolute atomic E-state index is 0.0712. The molecular weight excluding hydrogens is 316 g/mol. The molecule has 4 rings (SSSR count). The topological polar surface area (TPSA) is 49.1 Å². The van der Waals surface area contributed by atoms with Crippen molar-refractivity contribution in [1.82, 2.24) is 9.80 Å². The van der Waals surface area contributed by atoms with Crippen LogP contribution in [-0.4, -0.2) is 64.9 Å². The third kappa shape index (κ3) is 4.11. The fourth-order valence-electron chi connectivity index (χ4n) is 5.00. The number of rotatable bonds is 3. The van der Waals surface area contributed by atoms with Gasteiger partial charge in [-0.3, -0.25) is 4.90 Å². The second kappa shape index (κ2) is 7.03. The van der Waals surface area contributed by atoms with Crippen molar-refractivity contribution in [3.63, 3.8) is 0 Å². The zero-order chi connectivity index (χ0) is 17.3. The first-order valence-electron chi connectivity index (χ1n) is 9.89. The maximum absolute atomic E-state index is 10.4. The van der Waals surface area contributed by atoms with E-state index in [4.69, 9.17) is 9.15 Å². The van der Waals surface area contributed by atoms with E-state index in [0.717, 1.165) is 64.2 Å². The molecule has 1 N–H and O–H groups in total. The van der Waals surface area contributed by atoms with Crippen molar-refractivity contribution in [3.05, 3.63) is 24.2 Å². The van der Waals surface area contributed by atoms with E-state index in [1.807, 2.05) is 13.0 Å². The fraction of sp³-hybridized carbons (Fsp3) is 0.800. The predicted octanol–water partition coefficient (Wildman–Crippen LogP) is 2.64. The molecule has 0 bridgehead atoms. The molecule has 3 saturated heterocycles. The minimum Gasteiger partial charge on any atom is -0.468 e. The van der Waals surface area contributed by atoms with Crippen molar-refractivity contribution < 1.29 is 14.3 Å². The lowest BCUT2D eigenvalue weighted by molar-refractivity contribution is -0.175. The lowest BCUT2D eigenvalue weighted by atomic mass is 9.77. The summed E-state index contributed by atoms with van der Waals surface area (Å²) in [6.45, 7) is 8.14. The summed E-state index contributed by atoms with van der Waals surface area (Å²) in [5, 5.41) is 10.4. The molecule has 3 aliphatic rings. The lowest BCUT2D eigenvalue weighted by Crippen LogP contribution is -2.56. The maximum atomic E-state index is 10.4. The smallest absolute Gasteiger partial charge is 0.117 e. The maximum Gasteiger partial charge on any atom is 0.117 e. The van der Waals surface area contributed by atoms with Crippen molar-refractivity contribution in [3.8, 4) is 0 Å². The number of piperidine rings is 2. The molecular formula is C20H32N2O3. The van der Waals surface area contributed by atoms with Gasteiger partial charge in [-0.2, -0.15) is 0 Å². The van der Waals surface area contributed by atoms with E-state index >= 15 is 0 Å². The van der Waals surface area contributed by atoms with Gasteiger partial charge in [0.05, 0.1) is 30.6 Å². The highest BCUT2D eigenvalue weighted by Crippen LogP contribution is 2.40. The predicted molar refractivity (Wildman–Crippen MR) is 96.4 cm³/mol. The summed E-state index contributed by atoms with van der Waals surface area (Å²) in [7, 11) is 0. The Labute approximate surface area is 150 Å². The van der Waals surface area contributed by atoms with Crippen LogP contribution in [0.2, 0.25) is 0 Å². The van der Waals surface area contributed by atoms with Gasteiger partial charge in [0.25, 0.3) is 0 Å². The molecule has 1 unspecified atom stereocenters. The van der Waals surface area contributed by atoms with Gasteiger partial charge < -0.3 is 19.2 Å². The zero-order valence-electron chi connectivity index (χ0n) is 15.5. The van der Waals surface area contributed by atoms with Gasteiger partial charge >= 0.3 is 0 Å². The summed E-state index contributed by atoms with van der Waals surface area (Å²) in [4.78, 5) is 5.17. The number of likely N-dealkylation sites (tertiary alicyclic amines) is 2. The summed E-state index contributed by atoms with van der Waals surface area (Å²) < 4.78 is 11.6. The molecule has 4 heterocycles. The third-order valence-electron chi connectivity index (χ3n) is 6.49. The van der Waals surface area contributed by atoms with Gasteiger partial charge in [-0.25, -0.2) is 0 Å². The van der Waals surface area contributed by atoms with E-state index in [-0.39, 0.29) is 5.60 Å². The zero-order valence-corrected chi connectivity index (χ0v) is 15.5. The molecule has 0 aliphatic carbocycles. The summed E-state index contributed by atoms with van der Waals surface area (Å²) in [5.74, 6) is 1.07. The number of ether oxygens (including phenoxy) is 1. The first-order chi connectivity index (χ1) is 12.0. The van der Waals surface area contributed by atoms with E-state index in [2.05, 4.69) is 15.9 Å². The second-order valence-electron chi connectivity index (χ2n) is 8.58. The molecule has 5 nitrogen and oxygen atoms in total. The monoisotopic (exact) mass is 348 g/mol. The Bertz CT molecular complexity index is 541. The summed E-state index contributed by atoms with van der Waals surface area (Å²) in [6.07, 6.45) is 7.95. The Kier molecular flexibility index (Phi) is 4.93. The molecule has 0 amide bonds. The van der Waals surface area contributed by atoms with Crippen molar-refractivity contribution in [1.29, 1.82) is 0 Å². The normalized spacial score (nSPS) is 32.2. The van der Waals surface area contributed by atoms with E-state index < -0.39 is 5.60 Å². The molecule has 140 valence electrons. The highest BCUT2D eigenvalue weighted by atomic mass is 16.5. The standard InChI is InChI=1S/C20H32N2O3/c1-19(23)8-14-25-20(16-19)6-11-22(12-7-20)17-4-9-21(10-5-17)15-18-3-2-13-24-18/h2-3,13,17,23H,4-12,14-16H2,1H3. The van der Waals surface area contributed by atoms with Gasteiger partial charge in [-0.15, -0.1) is 0 Å². The summed E-state index contributed by atoms with van der Waals surface area (Å²) in [5.41, 5.74) is -0.615. The van der Waals surface area contributed by atoms with Gasteiger partial charge in [-0.1, -0.05) is 0 Å². The van der Waals surface area contributed by atoms with Gasteiger partial charge in [0, 0.05) is 38.6 Å². The van der Waals surface area contributed by atoms with Crippen LogP contribution in [0.15, 0.2) is 22.8 Å². The average molecular weight is 348 g/mol. The molecule has 5 heteroatoms. The molecule has 1 atom stereocenters. The number of hydrogen-bond donors (Lipinski definition) is 1. The molecule has 3 aliphatic heterocycles. The van der Waals surface area contributed by atoms with Crippen LogP contribution in [0.25, 0.3) is 0 Å². The molecule has 1 aromatic rings. The van der Waals surface area contributed by atoms with E-state index in [0.29, 0.717) is 12.6 Å². The average Bonchev–Trinajstić information content (AvgIpc) is 3.08. The number of furan rings is 1. The Morgan fingerprint density at radius 1 is 1.16 bits per heavy atom. The SMILES string of the molecule is CC1(O)CCOC2(CCN(C3CCN(Cc4ccco4)CC3)CC2)C1. The van der Waals surface area contributed by atoms with Gasteiger partial charge in [0.1, 0.15) is 5.76 Å². The van der Waals surface area contributed by atoms with Gasteiger partial charge in [0.15, 0.2) is 0 Å². The van der Waals surface area contributed by atoms with Crippen molar-refractivity contribution in [2.75, 3.05) is 32.8 Å². The van der Waals surface area contributed by atoms with Crippen molar-refractivity contribution >= 4 is 0 Å². The molecule has 1 spiro atoms. The summed E-state index contributed by atoms with van der Waals surface area (Å²) in [6, 6.07) is 4.74. The minimum atomic E-state index is -0.544. The van der Waals surface area contributed by atoms with Crippen LogP contribution < -0.4 is 0 Å². The van der Waals surface area contributed by atoms with E-state index in [1.54, 1.807) is 6.26 Å². The molecule has 25 heavy (non-hydrogen) atoms. The lowest BCUT2D eigenvalue weighted by Gasteiger charge is -2.50. The fourth-order valence-corrected chi connectivity index (χ4v) is 5.00. The molecule has 0 saturated carbocycles. The van der Waals surface area contributed by atoms with Crippen LogP contribution in [0.4, 0.5) is 0 Å². The number of hydrogen-bond acceptors (Lipinski definition) is 5. The van der Waals surface area contributed by atoms with Gasteiger partial charge in [0.2, 0.25) is 0 Å².